The number of hydrogen-bond acceptors (Lipinski definition) is 3. The van der Waals surface area contributed by atoms with Gasteiger partial charge in [0.25, 0.3) is 0 Å². The van der Waals surface area contributed by atoms with Gasteiger partial charge < -0.3 is 5.73 Å². The number of rotatable bonds is 2. The van der Waals surface area contributed by atoms with E-state index in [1.807, 2.05) is 0 Å². The average Bonchev–Trinajstić information content (AvgIpc) is 2.63. The lowest BCUT2D eigenvalue weighted by Crippen LogP contribution is -2.22. The van der Waals surface area contributed by atoms with Crippen molar-refractivity contribution in [3.05, 3.63) is 11.8 Å². The largest absolute Gasteiger partial charge is 0.383 e. The number of aromatic nitrogens is 2. The zero-order chi connectivity index (χ0) is 10.8. The number of Topliss-reactive ketones (excluding diaryl/α,β-unsaturated/α-hetero) is 1. The van der Waals surface area contributed by atoms with Gasteiger partial charge in [0.1, 0.15) is 5.82 Å². The fraction of sp³-hybridized carbons (Fsp3) is 0.636. The average molecular weight is 207 g/mol. The smallest absolute Gasteiger partial charge is 0.171 e. The molecule has 82 valence electrons. The molecule has 0 amide bonds. The van der Waals surface area contributed by atoms with Crippen LogP contribution in [0.2, 0.25) is 0 Å². The van der Waals surface area contributed by atoms with Crippen molar-refractivity contribution in [2.45, 2.75) is 32.6 Å². The van der Waals surface area contributed by atoms with Crippen molar-refractivity contribution in [1.82, 2.24) is 10.2 Å². The van der Waals surface area contributed by atoms with Crippen LogP contribution in [0.4, 0.5) is 5.82 Å². The first-order valence-corrected chi connectivity index (χ1v) is 5.51. The summed E-state index contributed by atoms with van der Waals surface area (Å²) in [5, 5.41) is 6.39. The highest BCUT2D eigenvalue weighted by atomic mass is 16.1. The summed E-state index contributed by atoms with van der Waals surface area (Å²) in [5.41, 5.74) is 6.21. The number of nitrogens with two attached hydrogens (primary N) is 1. The van der Waals surface area contributed by atoms with E-state index in [9.17, 15) is 4.79 Å². The molecule has 2 rings (SSSR count). The highest BCUT2D eigenvalue weighted by Gasteiger charge is 2.27. The van der Waals surface area contributed by atoms with Gasteiger partial charge in [-0.15, -0.1) is 0 Å². The molecule has 1 fully saturated rings. The summed E-state index contributed by atoms with van der Waals surface area (Å²) in [6.07, 6.45) is 5.91. The predicted octanol–water partition coefficient (Wildman–Crippen LogP) is 2.00. The van der Waals surface area contributed by atoms with E-state index in [2.05, 4.69) is 17.1 Å². The molecule has 1 aromatic heterocycles. The minimum Gasteiger partial charge on any atom is -0.383 e. The summed E-state index contributed by atoms with van der Waals surface area (Å²) < 4.78 is 0. The molecule has 2 atom stereocenters. The Kier molecular flexibility index (Phi) is 2.75. The van der Waals surface area contributed by atoms with Crippen LogP contribution in [-0.4, -0.2) is 16.0 Å². The Hall–Kier alpha value is -1.32. The Labute approximate surface area is 89.2 Å². The van der Waals surface area contributed by atoms with Crippen molar-refractivity contribution >= 4 is 11.6 Å². The molecule has 0 bridgehead atoms. The number of aromatic amines is 1. The van der Waals surface area contributed by atoms with E-state index in [-0.39, 0.29) is 11.7 Å². The summed E-state index contributed by atoms with van der Waals surface area (Å²) in [4.78, 5) is 12.1. The number of anilines is 1. The Morgan fingerprint density at radius 3 is 3.00 bits per heavy atom. The van der Waals surface area contributed by atoms with Crippen molar-refractivity contribution in [3.63, 3.8) is 0 Å². The first-order chi connectivity index (χ1) is 7.18. The summed E-state index contributed by atoms with van der Waals surface area (Å²) in [6.45, 7) is 2.21. The molecule has 3 N–H and O–H groups in total. The van der Waals surface area contributed by atoms with Crippen molar-refractivity contribution in [2.24, 2.45) is 11.8 Å². The second-order valence-electron chi connectivity index (χ2n) is 4.53. The third-order valence-electron chi connectivity index (χ3n) is 3.24. The fourth-order valence-corrected chi connectivity index (χ4v) is 2.38. The maximum absolute atomic E-state index is 12.1. The second kappa shape index (κ2) is 4.04. The van der Waals surface area contributed by atoms with Crippen molar-refractivity contribution in [3.8, 4) is 0 Å². The van der Waals surface area contributed by atoms with Crippen LogP contribution < -0.4 is 5.73 Å². The van der Waals surface area contributed by atoms with Gasteiger partial charge in [-0.25, -0.2) is 0 Å². The van der Waals surface area contributed by atoms with Crippen LogP contribution in [0.15, 0.2) is 6.20 Å². The molecule has 4 heteroatoms. The summed E-state index contributed by atoms with van der Waals surface area (Å²) in [7, 11) is 0. The minimum absolute atomic E-state index is 0.147. The van der Waals surface area contributed by atoms with E-state index >= 15 is 0 Å². The molecular weight excluding hydrogens is 190 g/mol. The van der Waals surface area contributed by atoms with Crippen molar-refractivity contribution in [1.29, 1.82) is 0 Å². The quantitative estimate of drug-likeness (QED) is 0.728. The van der Waals surface area contributed by atoms with Gasteiger partial charge >= 0.3 is 0 Å². The molecule has 0 spiro atoms. The normalized spacial score (nSPS) is 26.5. The molecule has 0 aliphatic heterocycles. The van der Waals surface area contributed by atoms with Gasteiger partial charge in [0, 0.05) is 5.92 Å². The molecule has 1 saturated carbocycles. The number of H-pyrrole nitrogens is 1. The zero-order valence-corrected chi connectivity index (χ0v) is 8.99. The van der Waals surface area contributed by atoms with Gasteiger partial charge in [-0.2, -0.15) is 5.10 Å². The monoisotopic (exact) mass is 207 g/mol. The Balaban J connectivity index is 2.11. The Bertz CT molecular complexity index is 358. The fourth-order valence-electron chi connectivity index (χ4n) is 2.38. The topological polar surface area (TPSA) is 71.8 Å². The zero-order valence-electron chi connectivity index (χ0n) is 8.99. The molecule has 1 aliphatic carbocycles. The SMILES string of the molecule is CC1CCCC(C(=O)c2cn[nH]c2N)C1. The van der Waals surface area contributed by atoms with E-state index in [4.69, 9.17) is 5.73 Å². The lowest BCUT2D eigenvalue weighted by atomic mass is 9.79. The summed E-state index contributed by atoms with van der Waals surface area (Å²) in [6, 6.07) is 0. The minimum atomic E-state index is 0.147. The van der Waals surface area contributed by atoms with E-state index < -0.39 is 0 Å². The first kappa shape index (κ1) is 10.2. The number of carbonyl (C=O) groups is 1. The third-order valence-corrected chi connectivity index (χ3v) is 3.24. The molecule has 2 unspecified atom stereocenters. The molecule has 0 aromatic carbocycles. The van der Waals surface area contributed by atoms with E-state index in [1.54, 1.807) is 0 Å². The molecular formula is C11H17N3O. The van der Waals surface area contributed by atoms with Gasteiger partial charge in [0.2, 0.25) is 0 Å². The molecule has 1 heterocycles. The highest BCUT2D eigenvalue weighted by molar-refractivity contribution is 6.01. The lowest BCUT2D eigenvalue weighted by molar-refractivity contribution is 0.0869. The maximum Gasteiger partial charge on any atom is 0.171 e. The molecule has 1 aliphatic rings. The van der Waals surface area contributed by atoms with Crippen molar-refractivity contribution < 1.29 is 4.79 Å². The molecule has 0 radical (unpaired) electrons. The number of nitrogen functional groups attached to an aromatic ring is 1. The van der Waals surface area contributed by atoms with Gasteiger partial charge in [-0.1, -0.05) is 19.8 Å². The van der Waals surface area contributed by atoms with Gasteiger partial charge in [-0.3, -0.25) is 9.89 Å². The lowest BCUT2D eigenvalue weighted by Gasteiger charge is -2.25. The molecule has 1 aromatic rings. The number of ketones is 1. The third kappa shape index (κ3) is 2.03. The summed E-state index contributed by atoms with van der Waals surface area (Å²) in [5.74, 6) is 1.36. The highest BCUT2D eigenvalue weighted by Crippen LogP contribution is 2.31. The van der Waals surface area contributed by atoms with Crippen LogP contribution in [0.3, 0.4) is 0 Å². The van der Waals surface area contributed by atoms with Crippen LogP contribution in [0.1, 0.15) is 43.0 Å². The van der Waals surface area contributed by atoms with Crippen LogP contribution >= 0.6 is 0 Å². The van der Waals surface area contributed by atoms with E-state index in [1.165, 1.54) is 12.6 Å². The second-order valence-corrected chi connectivity index (χ2v) is 4.53. The van der Waals surface area contributed by atoms with Crippen LogP contribution in [0.25, 0.3) is 0 Å². The van der Waals surface area contributed by atoms with Crippen molar-refractivity contribution in [2.75, 3.05) is 5.73 Å². The number of nitrogens with one attached hydrogen (secondary N) is 1. The van der Waals surface area contributed by atoms with Crippen LogP contribution in [-0.2, 0) is 0 Å². The molecule has 15 heavy (non-hydrogen) atoms. The van der Waals surface area contributed by atoms with E-state index in [0.717, 1.165) is 19.3 Å². The molecule has 0 saturated heterocycles. The number of nitrogens with zero attached hydrogens (tertiary/aromatic N) is 1. The number of hydrogen-bond donors (Lipinski definition) is 2. The van der Waals surface area contributed by atoms with Gasteiger partial charge in [0.15, 0.2) is 5.78 Å². The standard InChI is InChI=1S/C11H17N3O/c1-7-3-2-4-8(5-7)10(15)9-6-13-14-11(9)12/h6-8H,2-5H2,1H3,(H3,12,13,14). The number of carbonyl (C=O) groups excluding carboxylic acids is 1. The first-order valence-electron chi connectivity index (χ1n) is 5.51. The van der Waals surface area contributed by atoms with Crippen LogP contribution in [0, 0.1) is 11.8 Å². The van der Waals surface area contributed by atoms with Gasteiger partial charge in [0.05, 0.1) is 11.8 Å². The predicted molar refractivity (Wildman–Crippen MR) is 58.5 cm³/mol. The van der Waals surface area contributed by atoms with Gasteiger partial charge in [-0.05, 0) is 18.8 Å². The summed E-state index contributed by atoms with van der Waals surface area (Å²) >= 11 is 0. The van der Waals surface area contributed by atoms with E-state index in [0.29, 0.717) is 17.3 Å². The van der Waals surface area contributed by atoms with Crippen LogP contribution in [0.5, 0.6) is 0 Å². The Morgan fingerprint density at radius 2 is 2.40 bits per heavy atom. The maximum atomic E-state index is 12.1. The molecule has 4 nitrogen and oxygen atoms in total. The Morgan fingerprint density at radius 1 is 1.60 bits per heavy atom.